The molecule has 0 saturated heterocycles. The number of anilines is 1. The standard InChI is InChI=1S/C10H17N3O2/c1-14-5-2-6-15-8-9-3-4-12-10(7-9)13-11/h3-4,7H,2,5-6,8,11H2,1H3,(H,12,13). The minimum absolute atomic E-state index is 0.570. The van der Waals surface area contributed by atoms with E-state index in [1.165, 1.54) is 0 Å². The summed E-state index contributed by atoms with van der Waals surface area (Å²) in [6.45, 7) is 1.99. The first-order valence-corrected chi connectivity index (χ1v) is 4.85. The minimum atomic E-state index is 0.570. The molecule has 0 aromatic carbocycles. The van der Waals surface area contributed by atoms with Crippen LogP contribution in [0, 0.1) is 0 Å². The van der Waals surface area contributed by atoms with E-state index in [2.05, 4.69) is 10.4 Å². The van der Waals surface area contributed by atoms with Gasteiger partial charge in [-0.15, -0.1) is 0 Å². The Morgan fingerprint density at radius 2 is 2.33 bits per heavy atom. The van der Waals surface area contributed by atoms with Gasteiger partial charge in [0, 0.05) is 26.5 Å². The molecule has 0 saturated carbocycles. The highest BCUT2D eigenvalue weighted by Gasteiger charge is 1.96. The lowest BCUT2D eigenvalue weighted by molar-refractivity contribution is 0.0928. The third-order valence-electron chi connectivity index (χ3n) is 1.88. The van der Waals surface area contributed by atoms with Crippen LogP contribution in [0.15, 0.2) is 18.3 Å². The largest absolute Gasteiger partial charge is 0.385 e. The first kappa shape index (κ1) is 11.9. The van der Waals surface area contributed by atoms with E-state index < -0.39 is 0 Å². The summed E-state index contributed by atoms with van der Waals surface area (Å²) in [4.78, 5) is 4.00. The van der Waals surface area contributed by atoms with E-state index in [1.807, 2.05) is 12.1 Å². The van der Waals surface area contributed by atoms with Gasteiger partial charge in [0.05, 0.1) is 6.61 Å². The Balaban J connectivity index is 2.24. The minimum Gasteiger partial charge on any atom is -0.385 e. The molecule has 1 aromatic rings. The number of nitrogen functional groups attached to an aromatic ring is 1. The number of nitrogens with zero attached hydrogens (tertiary/aromatic N) is 1. The molecule has 5 nitrogen and oxygen atoms in total. The number of nitrogens with one attached hydrogen (secondary N) is 1. The highest BCUT2D eigenvalue weighted by atomic mass is 16.5. The fourth-order valence-electron chi connectivity index (χ4n) is 1.14. The third kappa shape index (κ3) is 4.73. The van der Waals surface area contributed by atoms with Crippen molar-refractivity contribution in [3.63, 3.8) is 0 Å². The summed E-state index contributed by atoms with van der Waals surface area (Å²) >= 11 is 0. The molecule has 0 radical (unpaired) electrons. The molecule has 0 aliphatic carbocycles. The average Bonchev–Trinajstić information content (AvgIpc) is 2.29. The van der Waals surface area contributed by atoms with Gasteiger partial charge in [0.25, 0.3) is 0 Å². The van der Waals surface area contributed by atoms with E-state index in [1.54, 1.807) is 13.3 Å². The third-order valence-corrected chi connectivity index (χ3v) is 1.88. The van der Waals surface area contributed by atoms with E-state index in [-0.39, 0.29) is 0 Å². The summed E-state index contributed by atoms with van der Waals surface area (Å²) in [5.74, 6) is 5.89. The fraction of sp³-hybridized carbons (Fsp3) is 0.500. The second-order valence-corrected chi connectivity index (χ2v) is 3.09. The Hall–Kier alpha value is -1.17. The number of pyridine rings is 1. The number of rotatable bonds is 7. The monoisotopic (exact) mass is 211 g/mol. The zero-order valence-electron chi connectivity index (χ0n) is 8.90. The normalized spacial score (nSPS) is 10.3. The number of hydrogen-bond donors (Lipinski definition) is 2. The van der Waals surface area contributed by atoms with Gasteiger partial charge in [-0.2, -0.15) is 0 Å². The van der Waals surface area contributed by atoms with Gasteiger partial charge in [-0.3, -0.25) is 0 Å². The second kappa shape index (κ2) is 7.17. The van der Waals surface area contributed by atoms with Gasteiger partial charge < -0.3 is 14.9 Å². The predicted octanol–water partition coefficient (Wildman–Crippen LogP) is 0.920. The summed E-state index contributed by atoms with van der Waals surface area (Å²) in [6, 6.07) is 3.76. The van der Waals surface area contributed by atoms with Crippen LogP contribution in [0.1, 0.15) is 12.0 Å². The molecule has 15 heavy (non-hydrogen) atoms. The average molecular weight is 211 g/mol. The van der Waals surface area contributed by atoms with Crippen LogP contribution in [0.4, 0.5) is 5.82 Å². The fourth-order valence-corrected chi connectivity index (χ4v) is 1.14. The van der Waals surface area contributed by atoms with Crippen LogP contribution in [0.2, 0.25) is 0 Å². The molecule has 0 amide bonds. The number of hydrazine groups is 1. The Labute approximate surface area is 89.6 Å². The van der Waals surface area contributed by atoms with Crippen molar-refractivity contribution in [3.8, 4) is 0 Å². The second-order valence-electron chi connectivity index (χ2n) is 3.09. The number of hydrogen-bond acceptors (Lipinski definition) is 5. The molecule has 0 atom stereocenters. The molecule has 1 aromatic heterocycles. The first-order valence-electron chi connectivity index (χ1n) is 4.85. The van der Waals surface area contributed by atoms with Crippen LogP contribution in [0.3, 0.4) is 0 Å². The van der Waals surface area contributed by atoms with Gasteiger partial charge in [-0.05, 0) is 24.1 Å². The van der Waals surface area contributed by atoms with E-state index in [0.717, 1.165) is 18.6 Å². The highest BCUT2D eigenvalue weighted by molar-refractivity contribution is 5.35. The Morgan fingerprint density at radius 1 is 1.47 bits per heavy atom. The molecule has 0 aliphatic heterocycles. The lowest BCUT2D eigenvalue weighted by Crippen LogP contribution is -2.08. The molecule has 3 N–H and O–H groups in total. The van der Waals surface area contributed by atoms with Gasteiger partial charge in [-0.1, -0.05) is 0 Å². The molecular formula is C10H17N3O2. The molecule has 1 heterocycles. The summed E-state index contributed by atoms with van der Waals surface area (Å²) in [5.41, 5.74) is 3.54. The maximum atomic E-state index is 5.44. The van der Waals surface area contributed by atoms with E-state index in [4.69, 9.17) is 15.3 Å². The molecule has 0 aliphatic rings. The number of ether oxygens (including phenoxy) is 2. The topological polar surface area (TPSA) is 69.4 Å². The van der Waals surface area contributed by atoms with Crippen LogP contribution >= 0.6 is 0 Å². The number of nitrogens with two attached hydrogens (primary N) is 1. The van der Waals surface area contributed by atoms with Gasteiger partial charge in [0.15, 0.2) is 0 Å². The number of aromatic nitrogens is 1. The van der Waals surface area contributed by atoms with Crippen molar-refractivity contribution in [1.82, 2.24) is 4.98 Å². The number of methoxy groups -OCH3 is 1. The molecule has 0 fully saturated rings. The molecule has 0 spiro atoms. The smallest absolute Gasteiger partial charge is 0.140 e. The zero-order chi connectivity index (χ0) is 10.9. The van der Waals surface area contributed by atoms with E-state index >= 15 is 0 Å². The van der Waals surface area contributed by atoms with Crippen molar-refractivity contribution in [2.45, 2.75) is 13.0 Å². The molecule has 0 unspecified atom stereocenters. The summed E-state index contributed by atoms with van der Waals surface area (Å²) < 4.78 is 10.4. The van der Waals surface area contributed by atoms with Crippen LogP contribution in [0.5, 0.6) is 0 Å². The van der Waals surface area contributed by atoms with Gasteiger partial charge in [-0.25, -0.2) is 10.8 Å². The van der Waals surface area contributed by atoms with Gasteiger partial charge in [0.2, 0.25) is 0 Å². The Kier molecular flexibility index (Phi) is 5.69. The predicted molar refractivity (Wildman–Crippen MR) is 58.2 cm³/mol. The zero-order valence-corrected chi connectivity index (χ0v) is 8.90. The van der Waals surface area contributed by atoms with Crippen molar-refractivity contribution < 1.29 is 9.47 Å². The van der Waals surface area contributed by atoms with E-state index in [0.29, 0.717) is 19.0 Å². The van der Waals surface area contributed by atoms with Crippen molar-refractivity contribution in [2.24, 2.45) is 5.84 Å². The summed E-state index contributed by atoms with van der Waals surface area (Å²) in [6.07, 6.45) is 2.60. The van der Waals surface area contributed by atoms with E-state index in [9.17, 15) is 0 Å². The van der Waals surface area contributed by atoms with Crippen molar-refractivity contribution in [1.29, 1.82) is 0 Å². The molecular weight excluding hydrogens is 194 g/mol. The van der Waals surface area contributed by atoms with Crippen molar-refractivity contribution in [2.75, 3.05) is 25.7 Å². The maximum Gasteiger partial charge on any atom is 0.140 e. The Bertz CT molecular complexity index is 281. The lowest BCUT2D eigenvalue weighted by Gasteiger charge is -2.05. The van der Waals surface area contributed by atoms with Crippen molar-refractivity contribution in [3.05, 3.63) is 23.9 Å². The van der Waals surface area contributed by atoms with Gasteiger partial charge >= 0.3 is 0 Å². The van der Waals surface area contributed by atoms with Crippen LogP contribution < -0.4 is 11.3 Å². The molecule has 84 valence electrons. The quantitative estimate of drug-likeness (QED) is 0.399. The van der Waals surface area contributed by atoms with Crippen LogP contribution in [-0.2, 0) is 16.1 Å². The summed E-state index contributed by atoms with van der Waals surface area (Å²) in [7, 11) is 1.68. The van der Waals surface area contributed by atoms with Gasteiger partial charge in [0.1, 0.15) is 5.82 Å². The SMILES string of the molecule is COCCCOCc1ccnc(NN)c1. The highest BCUT2D eigenvalue weighted by Crippen LogP contribution is 2.06. The maximum absolute atomic E-state index is 5.44. The molecule has 0 bridgehead atoms. The molecule has 5 heteroatoms. The van der Waals surface area contributed by atoms with Crippen molar-refractivity contribution >= 4 is 5.82 Å². The Morgan fingerprint density at radius 3 is 3.07 bits per heavy atom. The summed E-state index contributed by atoms with van der Waals surface area (Å²) in [5, 5.41) is 0. The van der Waals surface area contributed by atoms with Crippen LogP contribution in [0.25, 0.3) is 0 Å². The van der Waals surface area contributed by atoms with Crippen LogP contribution in [-0.4, -0.2) is 25.3 Å². The molecule has 1 rings (SSSR count). The first-order chi connectivity index (χ1) is 7.36. The lowest BCUT2D eigenvalue weighted by atomic mass is 10.3.